The van der Waals surface area contributed by atoms with E-state index in [2.05, 4.69) is 10.3 Å². The van der Waals surface area contributed by atoms with Gasteiger partial charge in [-0.3, -0.25) is 4.79 Å². The number of nitrogens with one attached hydrogen (secondary N) is 1. The lowest BCUT2D eigenvalue weighted by Crippen LogP contribution is -2.18. The van der Waals surface area contributed by atoms with Crippen molar-refractivity contribution in [2.75, 3.05) is 13.7 Å². The molecule has 0 unspecified atom stereocenters. The Morgan fingerprint density at radius 1 is 1.00 bits per heavy atom. The Labute approximate surface area is 190 Å². The fourth-order valence-corrected chi connectivity index (χ4v) is 3.90. The summed E-state index contributed by atoms with van der Waals surface area (Å²) in [6.45, 7) is 2.41. The number of fused-ring (bicyclic) bond motifs is 1. The number of carbonyl (C=O) groups is 1. The third-order valence-corrected chi connectivity index (χ3v) is 5.63. The van der Waals surface area contributed by atoms with Gasteiger partial charge in [0.2, 0.25) is 5.90 Å². The average Bonchev–Trinajstić information content (AvgIpc) is 3.49. The standard InChI is InChI=1S/C27H21FN2O3/c1-3-21-15-32-27(30-21)19-6-4-5-17(13-19)18-9-12-23-22(14-18)24(26(31)29-2)25(33-23)16-7-10-20(28)11-8-16/h3-14H,15H2,1-2H3,(H,29,31)/b21-3-. The molecule has 3 aromatic carbocycles. The van der Waals surface area contributed by atoms with Gasteiger partial charge in [0, 0.05) is 23.6 Å². The molecule has 5 nitrogen and oxygen atoms in total. The number of ether oxygens (including phenoxy) is 1. The van der Waals surface area contributed by atoms with E-state index >= 15 is 0 Å². The van der Waals surface area contributed by atoms with Crippen LogP contribution in [0.15, 0.2) is 87.9 Å². The SMILES string of the molecule is C/C=C1/COC(c2cccc(-c3ccc4oc(-c5ccc(F)cc5)c(C(=O)NC)c4c3)c2)=N1. The van der Waals surface area contributed by atoms with Crippen molar-refractivity contribution >= 4 is 22.8 Å². The van der Waals surface area contributed by atoms with Gasteiger partial charge < -0.3 is 14.5 Å². The second-order valence-corrected chi connectivity index (χ2v) is 7.67. The highest BCUT2D eigenvalue weighted by molar-refractivity contribution is 6.11. The molecule has 2 heterocycles. The van der Waals surface area contributed by atoms with Crippen molar-refractivity contribution in [2.45, 2.75) is 6.92 Å². The first-order chi connectivity index (χ1) is 16.1. The average molecular weight is 440 g/mol. The predicted octanol–water partition coefficient (Wildman–Crippen LogP) is 5.95. The molecule has 0 bridgehead atoms. The van der Waals surface area contributed by atoms with Crippen LogP contribution in [0.5, 0.6) is 0 Å². The van der Waals surface area contributed by atoms with Crippen molar-refractivity contribution in [1.29, 1.82) is 0 Å². The molecule has 1 aliphatic heterocycles. The quantitative estimate of drug-likeness (QED) is 0.427. The van der Waals surface area contributed by atoms with Crippen LogP contribution in [0.2, 0.25) is 0 Å². The summed E-state index contributed by atoms with van der Waals surface area (Å²) in [4.78, 5) is 17.3. The number of allylic oxidation sites excluding steroid dienone is 1. The maximum Gasteiger partial charge on any atom is 0.255 e. The van der Waals surface area contributed by atoms with Crippen molar-refractivity contribution < 1.29 is 18.3 Å². The van der Waals surface area contributed by atoms with Crippen LogP contribution < -0.4 is 5.32 Å². The predicted molar refractivity (Wildman–Crippen MR) is 127 cm³/mol. The zero-order valence-electron chi connectivity index (χ0n) is 18.2. The minimum Gasteiger partial charge on any atom is -0.471 e. The van der Waals surface area contributed by atoms with Crippen LogP contribution in [0.25, 0.3) is 33.4 Å². The third kappa shape index (κ3) is 3.80. The van der Waals surface area contributed by atoms with Crippen LogP contribution in [0.3, 0.4) is 0 Å². The molecule has 164 valence electrons. The van der Waals surface area contributed by atoms with Gasteiger partial charge in [-0.2, -0.15) is 0 Å². The number of hydrogen-bond acceptors (Lipinski definition) is 4. The number of furan rings is 1. The summed E-state index contributed by atoms with van der Waals surface area (Å²) in [6, 6.07) is 19.5. The van der Waals surface area contributed by atoms with Gasteiger partial charge in [0.15, 0.2) is 0 Å². The summed E-state index contributed by atoms with van der Waals surface area (Å²) in [5.74, 6) is 0.379. The molecule has 1 N–H and O–H groups in total. The number of hydrogen-bond donors (Lipinski definition) is 1. The van der Waals surface area contributed by atoms with Gasteiger partial charge in [-0.1, -0.05) is 24.3 Å². The highest BCUT2D eigenvalue weighted by atomic mass is 19.1. The van der Waals surface area contributed by atoms with Crippen LogP contribution >= 0.6 is 0 Å². The van der Waals surface area contributed by atoms with E-state index in [1.807, 2.05) is 55.5 Å². The van der Waals surface area contributed by atoms with Crippen molar-refractivity contribution in [3.8, 4) is 22.5 Å². The fraction of sp³-hybridized carbons (Fsp3) is 0.111. The summed E-state index contributed by atoms with van der Waals surface area (Å²) in [5.41, 5.74) is 5.29. The van der Waals surface area contributed by atoms with Crippen molar-refractivity contribution in [3.05, 3.63) is 95.4 Å². The maximum atomic E-state index is 13.4. The zero-order chi connectivity index (χ0) is 22.9. The molecule has 5 rings (SSSR count). The highest BCUT2D eigenvalue weighted by Crippen LogP contribution is 2.36. The van der Waals surface area contributed by atoms with E-state index in [1.165, 1.54) is 12.1 Å². The third-order valence-electron chi connectivity index (χ3n) is 5.63. The number of carbonyl (C=O) groups excluding carboxylic acids is 1. The lowest BCUT2D eigenvalue weighted by Gasteiger charge is -2.06. The van der Waals surface area contributed by atoms with Crippen LogP contribution in [-0.4, -0.2) is 25.5 Å². The Morgan fingerprint density at radius 2 is 1.73 bits per heavy atom. The number of halogens is 1. The molecule has 1 aliphatic rings. The molecule has 33 heavy (non-hydrogen) atoms. The van der Waals surface area contributed by atoms with Crippen LogP contribution in [-0.2, 0) is 4.74 Å². The molecular weight excluding hydrogens is 419 g/mol. The van der Waals surface area contributed by atoms with Gasteiger partial charge in [-0.25, -0.2) is 9.38 Å². The lowest BCUT2D eigenvalue weighted by molar-refractivity contribution is 0.0964. The van der Waals surface area contributed by atoms with E-state index in [-0.39, 0.29) is 11.7 Å². The van der Waals surface area contributed by atoms with Crippen molar-refractivity contribution in [2.24, 2.45) is 4.99 Å². The number of aliphatic imine (C=N–C) groups is 1. The van der Waals surface area contributed by atoms with Crippen LogP contribution in [0.1, 0.15) is 22.8 Å². The van der Waals surface area contributed by atoms with Crippen molar-refractivity contribution in [1.82, 2.24) is 5.32 Å². The minimum atomic E-state index is -0.351. The molecule has 4 aromatic rings. The molecule has 1 aromatic heterocycles. The zero-order valence-corrected chi connectivity index (χ0v) is 18.2. The smallest absolute Gasteiger partial charge is 0.255 e. The Balaban J connectivity index is 1.62. The molecule has 0 saturated heterocycles. The van der Waals surface area contributed by atoms with E-state index < -0.39 is 0 Å². The fourth-order valence-electron chi connectivity index (χ4n) is 3.90. The van der Waals surface area contributed by atoms with E-state index in [0.717, 1.165) is 22.4 Å². The molecule has 0 radical (unpaired) electrons. The number of rotatable bonds is 4. The number of amides is 1. The summed E-state index contributed by atoms with van der Waals surface area (Å²) in [5, 5.41) is 3.37. The van der Waals surface area contributed by atoms with Crippen LogP contribution in [0, 0.1) is 5.82 Å². The van der Waals surface area contributed by atoms with Gasteiger partial charge in [0.1, 0.15) is 23.8 Å². The van der Waals surface area contributed by atoms with E-state index in [4.69, 9.17) is 9.15 Å². The molecule has 0 fully saturated rings. The molecule has 6 heteroatoms. The van der Waals surface area contributed by atoms with E-state index in [1.54, 1.807) is 19.2 Å². The number of benzene rings is 3. The molecule has 1 amide bonds. The Morgan fingerprint density at radius 3 is 2.45 bits per heavy atom. The van der Waals surface area contributed by atoms with E-state index in [0.29, 0.717) is 40.4 Å². The second-order valence-electron chi connectivity index (χ2n) is 7.67. The summed E-state index contributed by atoms with van der Waals surface area (Å²) in [7, 11) is 1.57. The summed E-state index contributed by atoms with van der Waals surface area (Å²) in [6.07, 6.45) is 1.93. The van der Waals surface area contributed by atoms with E-state index in [9.17, 15) is 9.18 Å². The van der Waals surface area contributed by atoms with Gasteiger partial charge >= 0.3 is 0 Å². The Kier molecular flexibility index (Phi) is 5.26. The summed E-state index contributed by atoms with van der Waals surface area (Å²) < 4.78 is 25.2. The normalized spacial score (nSPS) is 14.4. The topological polar surface area (TPSA) is 63.8 Å². The molecule has 0 atom stereocenters. The molecule has 0 saturated carbocycles. The molecule has 0 spiro atoms. The van der Waals surface area contributed by atoms with Gasteiger partial charge in [-0.05, 0) is 66.6 Å². The Hall–Kier alpha value is -4.19. The number of nitrogens with zero attached hydrogens (tertiary/aromatic N) is 1. The molecular formula is C27H21FN2O3. The first-order valence-corrected chi connectivity index (χ1v) is 10.6. The van der Waals surface area contributed by atoms with Crippen molar-refractivity contribution in [3.63, 3.8) is 0 Å². The first-order valence-electron chi connectivity index (χ1n) is 10.6. The Bertz CT molecular complexity index is 1430. The summed E-state index contributed by atoms with van der Waals surface area (Å²) >= 11 is 0. The van der Waals surface area contributed by atoms with Gasteiger partial charge in [0.25, 0.3) is 5.91 Å². The highest BCUT2D eigenvalue weighted by Gasteiger charge is 2.22. The van der Waals surface area contributed by atoms with Crippen LogP contribution in [0.4, 0.5) is 4.39 Å². The maximum absolute atomic E-state index is 13.4. The minimum absolute atomic E-state index is 0.272. The van der Waals surface area contributed by atoms with Gasteiger partial charge in [-0.15, -0.1) is 0 Å². The lowest BCUT2D eigenvalue weighted by atomic mass is 9.99. The molecule has 0 aliphatic carbocycles. The second kappa shape index (κ2) is 8.39. The monoisotopic (exact) mass is 440 g/mol. The first kappa shape index (κ1) is 20.7. The van der Waals surface area contributed by atoms with Gasteiger partial charge in [0.05, 0.1) is 11.3 Å². The largest absolute Gasteiger partial charge is 0.471 e.